The summed E-state index contributed by atoms with van der Waals surface area (Å²) in [7, 11) is 1.88. The molecule has 1 saturated carbocycles. The standard InChI is InChI=1S/C10H14N2O2/c1-12-8(4-5-10(13)14)6-9(11-12)7-2-3-7/h6-7H,2-5H2,1H3,(H,13,14). The summed E-state index contributed by atoms with van der Waals surface area (Å²) in [5.41, 5.74) is 2.15. The summed E-state index contributed by atoms with van der Waals surface area (Å²) in [5.74, 6) is -0.112. The van der Waals surface area contributed by atoms with Crippen molar-refractivity contribution in [2.45, 2.75) is 31.6 Å². The second-order valence-corrected chi connectivity index (χ2v) is 3.85. The van der Waals surface area contributed by atoms with E-state index in [1.165, 1.54) is 12.8 Å². The molecule has 4 heteroatoms. The molecule has 1 aromatic rings. The van der Waals surface area contributed by atoms with Crippen LogP contribution in [0.3, 0.4) is 0 Å². The Balaban J connectivity index is 2.04. The zero-order chi connectivity index (χ0) is 10.1. The molecule has 0 radical (unpaired) electrons. The van der Waals surface area contributed by atoms with Crippen LogP contribution in [0.1, 0.15) is 36.6 Å². The van der Waals surface area contributed by atoms with E-state index in [1.54, 1.807) is 4.68 Å². The zero-order valence-electron chi connectivity index (χ0n) is 8.23. The van der Waals surface area contributed by atoms with E-state index in [-0.39, 0.29) is 6.42 Å². The topological polar surface area (TPSA) is 55.1 Å². The fourth-order valence-corrected chi connectivity index (χ4v) is 1.58. The van der Waals surface area contributed by atoms with Crippen LogP contribution in [0.25, 0.3) is 0 Å². The molecule has 0 amide bonds. The Labute approximate surface area is 82.5 Å². The number of aryl methyl sites for hydroxylation is 2. The summed E-state index contributed by atoms with van der Waals surface area (Å²) < 4.78 is 1.80. The van der Waals surface area contributed by atoms with E-state index < -0.39 is 5.97 Å². The molecule has 1 heterocycles. The van der Waals surface area contributed by atoms with Crippen molar-refractivity contribution >= 4 is 5.97 Å². The molecule has 0 bridgehead atoms. The summed E-state index contributed by atoms with van der Waals surface area (Å²) in [6, 6.07) is 2.04. The molecule has 1 aromatic heterocycles. The van der Waals surface area contributed by atoms with Gasteiger partial charge >= 0.3 is 5.97 Å². The lowest BCUT2D eigenvalue weighted by Gasteiger charge is -1.97. The molecular weight excluding hydrogens is 180 g/mol. The fraction of sp³-hybridized carbons (Fsp3) is 0.600. The molecule has 0 saturated heterocycles. The molecule has 1 aliphatic rings. The van der Waals surface area contributed by atoms with Gasteiger partial charge in [-0.1, -0.05) is 0 Å². The number of rotatable bonds is 4. The highest BCUT2D eigenvalue weighted by atomic mass is 16.4. The lowest BCUT2D eigenvalue weighted by Crippen LogP contribution is -2.02. The average molecular weight is 194 g/mol. The van der Waals surface area contributed by atoms with E-state index in [0.717, 1.165) is 11.4 Å². The van der Waals surface area contributed by atoms with Gasteiger partial charge in [-0.2, -0.15) is 5.10 Å². The van der Waals surface area contributed by atoms with Gasteiger partial charge in [0.2, 0.25) is 0 Å². The molecule has 1 fully saturated rings. The second-order valence-electron chi connectivity index (χ2n) is 3.85. The Morgan fingerprint density at radius 2 is 2.43 bits per heavy atom. The Morgan fingerprint density at radius 3 is 3.00 bits per heavy atom. The SMILES string of the molecule is Cn1nc(C2CC2)cc1CCC(=O)O. The van der Waals surface area contributed by atoms with Gasteiger partial charge in [0.05, 0.1) is 12.1 Å². The van der Waals surface area contributed by atoms with Crippen LogP contribution in [0.2, 0.25) is 0 Å². The highest BCUT2D eigenvalue weighted by Gasteiger charge is 2.26. The predicted octanol–water partition coefficient (Wildman–Crippen LogP) is 1.31. The first-order chi connectivity index (χ1) is 6.66. The van der Waals surface area contributed by atoms with Gasteiger partial charge in [0, 0.05) is 18.7 Å². The minimum absolute atomic E-state index is 0.184. The third kappa shape index (κ3) is 1.95. The molecule has 0 aliphatic heterocycles. The van der Waals surface area contributed by atoms with Gasteiger partial charge in [0.25, 0.3) is 0 Å². The predicted molar refractivity (Wildman–Crippen MR) is 51.1 cm³/mol. The number of aromatic nitrogens is 2. The van der Waals surface area contributed by atoms with Crippen molar-refractivity contribution in [2.75, 3.05) is 0 Å². The van der Waals surface area contributed by atoms with Crippen molar-refractivity contribution in [1.29, 1.82) is 0 Å². The lowest BCUT2D eigenvalue weighted by atomic mass is 10.2. The number of aliphatic carboxylic acids is 1. The maximum Gasteiger partial charge on any atom is 0.303 e. The van der Waals surface area contributed by atoms with Crippen LogP contribution in [-0.4, -0.2) is 20.9 Å². The first kappa shape index (κ1) is 9.24. The van der Waals surface area contributed by atoms with Gasteiger partial charge in [-0.15, -0.1) is 0 Å². The van der Waals surface area contributed by atoms with E-state index in [1.807, 2.05) is 13.1 Å². The van der Waals surface area contributed by atoms with Gasteiger partial charge in [0.1, 0.15) is 0 Å². The van der Waals surface area contributed by atoms with Crippen LogP contribution in [0.5, 0.6) is 0 Å². The summed E-state index contributed by atoms with van der Waals surface area (Å²) in [6.07, 6.45) is 3.22. The largest absolute Gasteiger partial charge is 0.481 e. The molecule has 1 aliphatic carbocycles. The molecule has 0 aromatic carbocycles. The van der Waals surface area contributed by atoms with Gasteiger partial charge in [-0.25, -0.2) is 0 Å². The van der Waals surface area contributed by atoms with E-state index in [4.69, 9.17) is 5.11 Å². The lowest BCUT2D eigenvalue weighted by molar-refractivity contribution is -0.136. The van der Waals surface area contributed by atoms with Crippen molar-refractivity contribution in [3.8, 4) is 0 Å². The van der Waals surface area contributed by atoms with Crippen LogP contribution >= 0.6 is 0 Å². The number of hydrogen-bond acceptors (Lipinski definition) is 2. The second kappa shape index (κ2) is 3.44. The minimum atomic E-state index is -0.751. The maximum atomic E-state index is 10.4. The molecule has 0 spiro atoms. The smallest absolute Gasteiger partial charge is 0.303 e. The summed E-state index contributed by atoms with van der Waals surface area (Å²) in [4.78, 5) is 10.4. The van der Waals surface area contributed by atoms with Crippen LogP contribution in [0, 0.1) is 0 Å². The molecule has 14 heavy (non-hydrogen) atoms. The number of carboxylic acids is 1. The fourth-order valence-electron chi connectivity index (χ4n) is 1.58. The third-order valence-corrected chi connectivity index (χ3v) is 2.59. The van der Waals surface area contributed by atoms with E-state index >= 15 is 0 Å². The van der Waals surface area contributed by atoms with E-state index in [0.29, 0.717) is 12.3 Å². The van der Waals surface area contributed by atoms with Gasteiger partial charge in [0.15, 0.2) is 0 Å². The van der Waals surface area contributed by atoms with Gasteiger partial charge in [-0.3, -0.25) is 9.48 Å². The van der Waals surface area contributed by atoms with Gasteiger partial charge in [-0.05, 0) is 25.3 Å². The van der Waals surface area contributed by atoms with Crippen molar-refractivity contribution in [1.82, 2.24) is 9.78 Å². The zero-order valence-corrected chi connectivity index (χ0v) is 8.23. The Morgan fingerprint density at radius 1 is 1.71 bits per heavy atom. The minimum Gasteiger partial charge on any atom is -0.481 e. The Hall–Kier alpha value is -1.32. The molecule has 0 unspecified atom stereocenters. The number of carbonyl (C=O) groups is 1. The molecule has 0 atom stereocenters. The van der Waals surface area contributed by atoms with Crippen molar-refractivity contribution < 1.29 is 9.90 Å². The molecule has 76 valence electrons. The first-order valence-corrected chi connectivity index (χ1v) is 4.91. The number of carboxylic acid groups (broad SMARTS) is 1. The van der Waals surface area contributed by atoms with Crippen LogP contribution in [-0.2, 0) is 18.3 Å². The third-order valence-electron chi connectivity index (χ3n) is 2.59. The normalized spacial score (nSPS) is 15.8. The van der Waals surface area contributed by atoms with Crippen molar-refractivity contribution in [3.05, 3.63) is 17.5 Å². The Kier molecular flexibility index (Phi) is 2.27. The highest BCUT2D eigenvalue weighted by Crippen LogP contribution is 2.39. The summed E-state index contributed by atoms with van der Waals surface area (Å²) in [5, 5.41) is 12.9. The van der Waals surface area contributed by atoms with Crippen LogP contribution in [0.4, 0.5) is 0 Å². The monoisotopic (exact) mass is 194 g/mol. The molecular formula is C10H14N2O2. The molecule has 1 N–H and O–H groups in total. The van der Waals surface area contributed by atoms with Crippen LogP contribution < -0.4 is 0 Å². The molecule has 4 nitrogen and oxygen atoms in total. The summed E-state index contributed by atoms with van der Waals surface area (Å²) in [6.45, 7) is 0. The Bertz CT molecular complexity index is 353. The average Bonchev–Trinajstić information content (AvgIpc) is 2.88. The first-order valence-electron chi connectivity index (χ1n) is 4.91. The molecule has 2 rings (SSSR count). The number of hydrogen-bond donors (Lipinski definition) is 1. The van der Waals surface area contributed by atoms with Crippen molar-refractivity contribution in [3.63, 3.8) is 0 Å². The number of nitrogens with zero attached hydrogens (tertiary/aromatic N) is 2. The van der Waals surface area contributed by atoms with Gasteiger partial charge < -0.3 is 5.11 Å². The van der Waals surface area contributed by atoms with Crippen LogP contribution in [0.15, 0.2) is 6.07 Å². The van der Waals surface area contributed by atoms with Crippen molar-refractivity contribution in [2.24, 2.45) is 7.05 Å². The quantitative estimate of drug-likeness (QED) is 0.786. The maximum absolute atomic E-state index is 10.4. The van der Waals surface area contributed by atoms with E-state index in [2.05, 4.69) is 5.10 Å². The summed E-state index contributed by atoms with van der Waals surface area (Å²) >= 11 is 0. The van der Waals surface area contributed by atoms with E-state index in [9.17, 15) is 4.79 Å². The highest BCUT2D eigenvalue weighted by molar-refractivity contribution is 5.66.